The first-order valence-electron chi connectivity index (χ1n) is 6.38. The molecule has 0 saturated carbocycles. The zero-order valence-electron chi connectivity index (χ0n) is 12.2. The maximum Gasteiger partial charge on any atom is 0.251 e. The molecule has 1 aromatic rings. The lowest BCUT2D eigenvalue weighted by Gasteiger charge is -2.19. The summed E-state index contributed by atoms with van der Waals surface area (Å²) in [6, 6.07) is 6.91. The normalized spacial score (nSPS) is 12.7. The van der Waals surface area contributed by atoms with Gasteiger partial charge in [0.05, 0.1) is 0 Å². The van der Waals surface area contributed by atoms with Gasteiger partial charge in [-0.2, -0.15) is 0 Å². The topological polar surface area (TPSA) is 58.2 Å². The van der Waals surface area contributed by atoms with Gasteiger partial charge in [-0.1, -0.05) is 32.9 Å². The molecule has 2 amide bonds. The summed E-state index contributed by atoms with van der Waals surface area (Å²) in [5.41, 5.74) is 1.79. The van der Waals surface area contributed by atoms with Crippen LogP contribution in [0.1, 0.15) is 43.6 Å². The van der Waals surface area contributed by atoms with E-state index in [2.05, 4.69) is 31.4 Å². The molecule has 4 heteroatoms. The number of carbonyl (C=O) groups is 2. The van der Waals surface area contributed by atoms with Gasteiger partial charge >= 0.3 is 0 Å². The van der Waals surface area contributed by atoms with Crippen LogP contribution in [-0.4, -0.2) is 24.9 Å². The number of likely N-dealkylation sites (N-methyl/N-ethyl adjacent to an activating group) is 1. The Bertz CT molecular complexity index is 458. The fraction of sp³-hybridized carbons (Fsp3) is 0.467. The van der Waals surface area contributed by atoms with E-state index in [4.69, 9.17) is 0 Å². The number of rotatable bonds is 3. The van der Waals surface area contributed by atoms with Gasteiger partial charge in [0.25, 0.3) is 5.91 Å². The maximum atomic E-state index is 11.9. The summed E-state index contributed by atoms with van der Waals surface area (Å²) in [5.74, 6) is -0.448. The molecule has 0 radical (unpaired) electrons. The Labute approximate surface area is 114 Å². The molecular weight excluding hydrogens is 240 g/mol. The largest absolute Gasteiger partial charge is 0.357 e. The van der Waals surface area contributed by atoms with Gasteiger partial charge in [-0.05, 0) is 30.0 Å². The van der Waals surface area contributed by atoms with E-state index in [1.165, 1.54) is 5.56 Å². The van der Waals surface area contributed by atoms with Crippen LogP contribution in [0.3, 0.4) is 0 Å². The molecule has 0 saturated heterocycles. The van der Waals surface area contributed by atoms with Gasteiger partial charge < -0.3 is 10.6 Å². The molecular formula is C15H22N2O2. The van der Waals surface area contributed by atoms with Crippen molar-refractivity contribution in [3.63, 3.8) is 0 Å². The van der Waals surface area contributed by atoms with Crippen LogP contribution in [0.25, 0.3) is 0 Å². The molecule has 0 fully saturated rings. The van der Waals surface area contributed by atoms with Crippen molar-refractivity contribution < 1.29 is 9.59 Å². The third kappa shape index (κ3) is 4.09. The van der Waals surface area contributed by atoms with Crippen molar-refractivity contribution in [2.24, 2.45) is 0 Å². The minimum atomic E-state index is -0.542. The van der Waals surface area contributed by atoms with E-state index in [9.17, 15) is 9.59 Å². The van der Waals surface area contributed by atoms with Crippen LogP contribution in [-0.2, 0) is 10.2 Å². The second-order valence-corrected chi connectivity index (χ2v) is 5.64. The SMILES string of the molecule is CNC(=O)[C@@H](C)NC(=O)c1ccc(C(C)(C)C)cc1. The molecule has 0 unspecified atom stereocenters. The molecule has 104 valence electrons. The highest BCUT2D eigenvalue weighted by Gasteiger charge is 2.17. The number of benzene rings is 1. The molecule has 0 aliphatic heterocycles. The Morgan fingerprint density at radius 3 is 2.05 bits per heavy atom. The first-order valence-corrected chi connectivity index (χ1v) is 6.38. The first-order chi connectivity index (χ1) is 8.75. The number of amides is 2. The van der Waals surface area contributed by atoms with Gasteiger partial charge in [-0.3, -0.25) is 9.59 Å². The average Bonchev–Trinajstić information content (AvgIpc) is 2.36. The number of nitrogens with one attached hydrogen (secondary N) is 2. The molecule has 1 rings (SSSR count). The van der Waals surface area contributed by atoms with Gasteiger partial charge in [-0.25, -0.2) is 0 Å². The van der Waals surface area contributed by atoms with Crippen molar-refractivity contribution in [2.75, 3.05) is 7.05 Å². The third-order valence-electron chi connectivity index (χ3n) is 3.00. The summed E-state index contributed by atoms with van der Waals surface area (Å²) >= 11 is 0. The summed E-state index contributed by atoms with van der Waals surface area (Å²) in [6.07, 6.45) is 0. The highest BCUT2D eigenvalue weighted by Crippen LogP contribution is 2.22. The van der Waals surface area contributed by atoms with E-state index in [-0.39, 0.29) is 17.2 Å². The van der Waals surface area contributed by atoms with Crippen LogP contribution in [0.15, 0.2) is 24.3 Å². The van der Waals surface area contributed by atoms with E-state index in [1.807, 2.05) is 12.1 Å². The number of carbonyl (C=O) groups excluding carboxylic acids is 2. The van der Waals surface area contributed by atoms with Gasteiger partial charge in [0, 0.05) is 12.6 Å². The Hall–Kier alpha value is -1.84. The lowest BCUT2D eigenvalue weighted by Crippen LogP contribution is -2.43. The smallest absolute Gasteiger partial charge is 0.251 e. The molecule has 4 nitrogen and oxygen atoms in total. The van der Waals surface area contributed by atoms with Crippen LogP contribution in [0.4, 0.5) is 0 Å². The second kappa shape index (κ2) is 5.87. The number of hydrogen-bond donors (Lipinski definition) is 2. The molecule has 1 atom stereocenters. The monoisotopic (exact) mass is 262 g/mol. The van der Waals surface area contributed by atoms with Crippen LogP contribution in [0, 0.1) is 0 Å². The molecule has 0 aromatic heterocycles. The quantitative estimate of drug-likeness (QED) is 0.873. The van der Waals surface area contributed by atoms with Crippen molar-refractivity contribution in [1.82, 2.24) is 10.6 Å². The summed E-state index contributed by atoms with van der Waals surface area (Å²) in [6.45, 7) is 8.02. The van der Waals surface area contributed by atoms with Crippen molar-refractivity contribution in [1.29, 1.82) is 0 Å². The first kappa shape index (κ1) is 15.2. The lowest BCUT2D eigenvalue weighted by molar-refractivity contribution is -0.122. The second-order valence-electron chi connectivity index (χ2n) is 5.64. The number of hydrogen-bond acceptors (Lipinski definition) is 2. The minimum absolute atomic E-state index is 0.0599. The average molecular weight is 262 g/mol. The lowest BCUT2D eigenvalue weighted by atomic mass is 9.86. The fourth-order valence-corrected chi connectivity index (χ4v) is 1.68. The fourth-order valence-electron chi connectivity index (χ4n) is 1.68. The zero-order chi connectivity index (χ0) is 14.6. The molecule has 0 heterocycles. The molecule has 0 spiro atoms. The van der Waals surface area contributed by atoms with Gasteiger partial charge in [-0.15, -0.1) is 0 Å². The van der Waals surface area contributed by atoms with Crippen molar-refractivity contribution >= 4 is 11.8 Å². The van der Waals surface area contributed by atoms with Crippen LogP contribution in [0.2, 0.25) is 0 Å². The van der Waals surface area contributed by atoms with Crippen LogP contribution in [0.5, 0.6) is 0 Å². The van der Waals surface area contributed by atoms with Crippen molar-refractivity contribution in [3.05, 3.63) is 35.4 Å². The summed E-state index contributed by atoms with van der Waals surface area (Å²) < 4.78 is 0. The molecule has 19 heavy (non-hydrogen) atoms. The Kier molecular flexibility index (Phi) is 4.70. The minimum Gasteiger partial charge on any atom is -0.357 e. The van der Waals surface area contributed by atoms with E-state index in [0.717, 1.165) is 0 Å². The van der Waals surface area contributed by atoms with Crippen LogP contribution < -0.4 is 10.6 Å². The summed E-state index contributed by atoms with van der Waals surface area (Å²) in [4.78, 5) is 23.3. The Morgan fingerprint density at radius 1 is 1.11 bits per heavy atom. The summed E-state index contributed by atoms with van der Waals surface area (Å²) in [5, 5.41) is 5.15. The predicted octanol–water partition coefficient (Wildman–Crippen LogP) is 1.85. The van der Waals surface area contributed by atoms with Crippen molar-refractivity contribution in [3.8, 4) is 0 Å². The van der Waals surface area contributed by atoms with Gasteiger partial charge in [0.1, 0.15) is 6.04 Å². The van der Waals surface area contributed by atoms with E-state index in [0.29, 0.717) is 5.56 Å². The molecule has 0 bridgehead atoms. The Morgan fingerprint density at radius 2 is 1.63 bits per heavy atom. The molecule has 0 aliphatic carbocycles. The van der Waals surface area contributed by atoms with Gasteiger partial charge in [0.15, 0.2) is 0 Å². The zero-order valence-corrected chi connectivity index (χ0v) is 12.2. The standard InChI is InChI=1S/C15H22N2O2/c1-10(13(18)16-5)17-14(19)11-6-8-12(9-7-11)15(2,3)4/h6-10H,1-5H3,(H,16,18)(H,17,19)/t10-/m1/s1. The Balaban J connectivity index is 2.76. The predicted molar refractivity (Wildman–Crippen MR) is 76.1 cm³/mol. The highest BCUT2D eigenvalue weighted by molar-refractivity contribution is 5.97. The van der Waals surface area contributed by atoms with E-state index in [1.54, 1.807) is 26.1 Å². The van der Waals surface area contributed by atoms with Gasteiger partial charge in [0.2, 0.25) is 5.91 Å². The summed E-state index contributed by atoms with van der Waals surface area (Å²) in [7, 11) is 1.54. The van der Waals surface area contributed by atoms with Crippen LogP contribution >= 0.6 is 0 Å². The van der Waals surface area contributed by atoms with E-state index < -0.39 is 6.04 Å². The molecule has 0 aliphatic rings. The van der Waals surface area contributed by atoms with E-state index >= 15 is 0 Å². The molecule has 2 N–H and O–H groups in total. The third-order valence-corrected chi connectivity index (χ3v) is 3.00. The maximum absolute atomic E-state index is 11.9. The molecule has 1 aromatic carbocycles. The van der Waals surface area contributed by atoms with Crippen molar-refractivity contribution in [2.45, 2.75) is 39.2 Å². The highest BCUT2D eigenvalue weighted by atomic mass is 16.2.